The van der Waals surface area contributed by atoms with Crippen molar-refractivity contribution in [2.75, 3.05) is 16.9 Å². The molecule has 2 aliphatic rings. The standard InChI is InChI=1S/C13H15N3O2S/c17-12-4-9-3-8(1-2-10(9)16-12)5-14-13(18)11-6-19-7-15-11/h1-3,11,15H,4-7H2,(H,14,18)(H,16,17). The van der Waals surface area contributed by atoms with Crippen molar-refractivity contribution < 1.29 is 9.59 Å². The third-order valence-electron chi connectivity index (χ3n) is 3.29. The highest BCUT2D eigenvalue weighted by atomic mass is 32.2. The lowest BCUT2D eigenvalue weighted by atomic mass is 10.1. The predicted molar refractivity (Wildman–Crippen MR) is 74.9 cm³/mol. The summed E-state index contributed by atoms with van der Waals surface area (Å²) < 4.78 is 0. The molecule has 0 bridgehead atoms. The van der Waals surface area contributed by atoms with Crippen LogP contribution in [0.15, 0.2) is 18.2 Å². The van der Waals surface area contributed by atoms with Gasteiger partial charge in [-0.3, -0.25) is 14.9 Å². The number of hydrogen-bond donors (Lipinski definition) is 3. The minimum absolute atomic E-state index is 0.0309. The van der Waals surface area contributed by atoms with Crippen LogP contribution in [-0.2, 0) is 22.6 Å². The normalized spacial score (nSPS) is 21.1. The van der Waals surface area contributed by atoms with Gasteiger partial charge in [0.05, 0.1) is 12.5 Å². The summed E-state index contributed by atoms with van der Waals surface area (Å²) in [7, 11) is 0. The van der Waals surface area contributed by atoms with E-state index < -0.39 is 0 Å². The largest absolute Gasteiger partial charge is 0.351 e. The van der Waals surface area contributed by atoms with Crippen LogP contribution in [0.1, 0.15) is 11.1 Å². The Bertz CT molecular complexity index is 527. The van der Waals surface area contributed by atoms with Crippen LogP contribution in [0.4, 0.5) is 5.69 Å². The van der Waals surface area contributed by atoms with Gasteiger partial charge in [-0.2, -0.15) is 0 Å². The van der Waals surface area contributed by atoms with Crippen LogP contribution in [-0.4, -0.2) is 29.5 Å². The average Bonchev–Trinajstić information content (AvgIpc) is 3.03. The van der Waals surface area contributed by atoms with E-state index in [1.54, 1.807) is 11.8 Å². The summed E-state index contributed by atoms with van der Waals surface area (Å²) in [5.41, 5.74) is 2.91. The molecule has 0 aliphatic carbocycles. The highest BCUT2D eigenvalue weighted by molar-refractivity contribution is 7.99. The molecule has 1 fully saturated rings. The summed E-state index contributed by atoms with van der Waals surface area (Å²) in [5, 5.41) is 8.85. The molecule has 3 rings (SSSR count). The molecular weight excluding hydrogens is 262 g/mol. The summed E-state index contributed by atoms with van der Waals surface area (Å²) in [6.45, 7) is 0.503. The molecule has 2 aliphatic heterocycles. The smallest absolute Gasteiger partial charge is 0.238 e. The Hall–Kier alpha value is -1.53. The van der Waals surface area contributed by atoms with E-state index in [2.05, 4.69) is 16.0 Å². The maximum Gasteiger partial charge on any atom is 0.238 e. The van der Waals surface area contributed by atoms with Gasteiger partial charge in [0.25, 0.3) is 0 Å². The molecule has 1 unspecified atom stereocenters. The second-order valence-electron chi connectivity index (χ2n) is 4.71. The number of carbonyl (C=O) groups is 2. The molecule has 19 heavy (non-hydrogen) atoms. The van der Waals surface area contributed by atoms with Crippen molar-refractivity contribution in [1.29, 1.82) is 0 Å². The van der Waals surface area contributed by atoms with Crippen LogP contribution < -0.4 is 16.0 Å². The number of carbonyl (C=O) groups excluding carboxylic acids is 2. The van der Waals surface area contributed by atoms with E-state index in [1.165, 1.54) is 0 Å². The maximum absolute atomic E-state index is 11.9. The lowest BCUT2D eigenvalue weighted by Gasteiger charge is -2.11. The van der Waals surface area contributed by atoms with Crippen LogP contribution in [0.5, 0.6) is 0 Å². The van der Waals surface area contributed by atoms with Gasteiger partial charge in [0, 0.05) is 23.9 Å². The van der Waals surface area contributed by atoms with Gasteiger partial charge in [-0.1, -0.05) is 12.1 Å². The van der Waals surface area contributed by atoms with E-state index in [-0.39, 0.29) is 17.9 Å². The van der Waals surface area contributed by atoms with Crippen molar-refractivity contribution in [3.8, 4) is 0 Å². The van der Waals surface area contributed by atoms with Gasteiger partial charge in [0.1, 0.15) is 0 Å². The molecule has 5 nitrogen and oxygen atoms in total. The first-order valence-corrected chi connectivity index (χ1v) is 7.38. The van der Waals surface area contributed by atoms with Gasteiger partial charge in [0.2, 0.25) is 11.8 Å². The summed E-state index contributed by atoms with van der Waals surface area (Å²) in [4.78, 5) is 23.1. The molecule has 0 aromatic heterocycles. The third kappa shape index (κ3) is 2.74. The number of benzene rings is 1. The first-order chi connectivity index (χ1) is 9.22. The van der Waals surface area contributed by atoms with Gasteiger partial charge < -0.3 is 10.6 Å². The van der Waals surface area contributed by atoms with Gasteiger partial charge in [0.15, 0.2) is 0 Å². The van der Waals surface area contributed by atoms with Crippen LogP contribution in [0, 0.1) is 0 Å². The zero-order chi connectivity index (χ0) is 13.2. The molecular formula is C13H15N3O2S. The quantitative estimate of drug-likeness (QED) is 0.751. The first-order valence-electron chi connectivity index (χ1n) is 6.23. The van der Waals surface area contributed by atoms with Crippen molar-refractivity contribution in [2.24, 2.45) is 0 Å². The Morgan fingerprint density at radius 2 is 2.37 bits per heavy atom. The summed E-state index contributed by atoms with van der Waals surface area (Å²) in [5.74, 6) is 1.74. The molecule has 100 valence electrons. The van der Waals surface area contributed by atoms with Crippen molar-refractivity contribution in [1.82, 2.24) is 10.6 Å². The van der Waals surface area contributed by atoms with E-state index in [4.69, 9.17) is 0 Å². The number of hydrogen-bond acceptors (Lipinski definition) is 4. The summed E-state index contributed by atoms with van der Waals surface area (Å²) >= 11 is 1.73. The molecule has 0 saturated carbocycles. The van der Waals surface area contributed by atoms with Crippen molar-refractivity contribution in [3.63, 3.8) is 0 Å². The average molecular weight is 277 g/mol. The molecule has 2 heterocycles. The summed E-state index contributed by atoms with van der Waals surface area (Å²) in [6.07, 6.45) is 0.429. The van der Waals surface area contributed by atoms with Gasteiger partial charge in [-0.25, -0.2) is 0 Å². The Balaban J connectivity index is 1.60. The predicted octanol–water partition coefficient (Wildman–Crippen LogP) is 0.460. The SMILES string of the molecule is O=C1Cc2cc(CNC(=O)C3CSCN3)ccc2N1. The Labute approximate surface area is 115 Å². The molecule has 1 saturated heterocycles. The maximum atomic E-state index is 11.9. The number of amides is 2. The number of rotatable bonds is 3. The zero-order valence-corrected chi connectivity index (χ0v) is 11.2. The van der Waals surface area contributed by atoms with E-state index >= 15 is 0 Å². The van der Waals surface area contributed by atoms with Crippen molar-refractivity contribution >= 4 is 29.3 Å². The molecule has 2 amide bonds. The van der Waals surface area contributed by atoms with E-state index in [1.807, 2.05) is 18.2 Å². The number of fused-ring (bicyclic) bond motifs is 1. The van der Waals surface area contributed by atoms with Crippen LogP contribution >= 0.6 is 11.8 Å². The van der Waals surface area contributed by atoms with E-state index in [9.17, 15) is 9.59 Å². The van der Waals surface area contributed by atoms with Gasteiger partial charge >= 0.3 is 0 Å². The van der Waals surface area contributed by atoms with Gasteiger partial charge in [-0.05, 0) is 17.2 Å². The van der Waals surface area contributed by atoms with Crippen molar-refractivity contribution in [2.45, 2.75) is 19.0 Å². The molecule has 1 aromatic carbocycles. The Morgan fingerprint density at radius 3 is 3.16 bits per heavy atom. The molecule has 0 spiro atoms. The molecule has 1 aromatic rings. The number of anilines is 1. The van der Waals surface area contributed by atoms with Crippen LogP contribution in [0.2, 0.25) is 0 Å². The lowest BCUT2D eigenvalue weighted by Crippen LogP contribution is -2.41. The highest BCUT2D eigenvalue weighted by Crippen LogP contribution is 2.23. The lowest BCUT2D eigenvalue weighted by molar-refractivity contribution is -0.122. The number of nitrogens with one attached hydrogen (secondary N) is 3. The van der Waals surface area contributed by atoms with Crippen molar-refractivity contribution in [3.05, 3.63) is 29.3 Å². The molecule has 1 atom stereocenters. The van der Waals surface area contributed by atoms with Crippen LogP contribution in [0.25, 0.3) is 0 Å². The minimum atomic E-state index is -0.0809. The minimum Gasteiger partial charge on any atom is -0.351 e. The highest BCUT2D eigenvalue weighted by Gasteiger charge is 2.22. The second-order valence-corrected chi connectivity index (χ2v) is 5.74. The third-order valence-corrected chi connectivity index (χ3v) is 4.23. The Morgan fingerprint density at radius 1 is 1.47 bits per heavy atom. The first kappa shape index (κ1) is 12.5. The fourth-order valence-corrected chi connectivity index (χ4v) is 3.21. The second kappa shape index (κ2) is 5.22. The monoisotopic (exact) mass is 277 g/mol. The molecule has 3 N–H and O–H groups in total. The number of thioether (sulfide) groups is 1. The van der Waals surface area contributed by atoms with Crippen LogP contribution in [0.3, 0.4) is 0 Å². The molecule has 6 heteroatoms. The molecule has 0 radical (unpaired) electrons. The topological polar surface area (TPSA) is 70.2 Å². The van der Waals surface area contributed by atoms with Gasteiger partial charge in [-0.15, -0.1) is 11.8 Å². The summed E-state index contributed by atoms with van der Waals surface area (Å²) in [6, 6.07) is 5.72. The Kier molecular flexibility index (Phi) is 3.44. The fourth-order valence-electron chi connectivity index (χ4n) is 2.27. The van der Waals surface area contributed by atoms with E-state index in [0.717, 1.165) is 28.4 Å². The van der Waals surface area contributed by atoms with E-state index in [0.29, 0.717) is 13.0 Å². The fraction of sp³-hybridized carbons (Fsp3) is 0.385. The zero-order valence-electron chi connectivity index (χ0n) is 10.4.